The maximum atomic E-state index is 4.99. The van der Waals surface area contributed by atoms with Gasteiger partial charge in [0, 0.05) is 30.5 Å². The molecule has 0 aliphatic rings. The van der Waals surface area contributed by atoms with Crippen LogP contribution in [-0.4, -0.2) is 31.8 Å². The molecule has 1 unspecified atom stereocenters. The van der Waals surface area contributed by atoms with Crippen molar-refractivity contribution in [3.05, 3.63) is 28.5 Å². The zero-order valence-electron chi connectivity index (χ0n) is 10.6. The Balaban J connectivity index is 2.17. The van der Waals surface area contributed by atoms with Gasteiger partial charge in [-0.2, -0.15) is 0 Å². The van der Waals surface area contributed by atoms with Crippen molar-refractivity contribution in [2.45, 2.75) is 19.8 Å². The minimum atomic E-state index is 0.672. The number of hydrogen-bond acceptors (Lipinski definition) is 3. The number of ether oxygens (including phenoxy) is 1. The van der Waals surface area contributed by atoms with Gasteiger partial charge < -0.3 is 10.1 Å². The molecule has 0 amide bonds. The summed E-state index contributed by atoms with van der Waals surface area (Å²) in [5.41, 5.74) is 1.29. The zero-order chi connectivity index (χ0) is 12.5. The Kier molecular flexibility index (Phi) is 7.40. The smallest absolute Gasteiger partial charge is 0.0587 e. The highest BCUT2D eigenvalue weighted by atomic mass is 79.9. The predicted octanol–water partition coefficient (Wildman–Crippen LogP) is 2.65. The van der Waals surface area contributed by atoms with Crippen LogP contribution in [0.5, 0.6) is 0 Å². The second-order valence-electron chi connectivity index (χ2n) is 4.35. The standard InChI is InChI=1S/C13H21BrN2O/c1-11(8-15-5-6-17-2)3-4-12-7-13(14)10-16-9-12/h7,9-11,15H,3-6,8H2,1-2H3. The second kappa shape index (κ2) is 8.61. The average molecular weight is 301 g/mol. The molecule has 1 N–H and O–H groups in total. The van der Waals surface area contributed by atoms with Gasteiger partial charge in [0.1, 0.15) is 0 Å². The van der Waals surface area contributed by atoms with Crippen molar-refractivity contribution in [3.63, 3.8) is 0 Å². The predicted molar refractivity (Wildman–Crippen MR) is 74.2 cm³/mol. The Morgan fingerprint density at radius 1 is 1.47 bits per heavy atom. The lowest BCUT2D eigenvalue weighted by atomic mass is 10.0. The van der Waals surface area contributed by atoms with Gasteiger partial charge in [-0.05, 0) is 52.9 Å². The molecule has 4 heteroatoms. The number of nitrogens with zero attached hydrogens (tertiary/aromatic N) is 1. The van der Waals surface area contributed by atoms with Crippen LogP contribution in [0.25, 0.3) is 0 Å². The van der Waals surface area contributed by atoms with Crippen molar-refractivity contribution >= 4 is 15.9 Å². The SMILES string of the molecule is COCCNCC(C)CCc1cncc(Br)c1. The van der Waals surface area contributed by atoms with E-state index in [0.717, 1.165) is 30.6 Å². The quantitative estimate of drug-likeness (QED) is 0.750. The molecule has 1 aromatic heterocycles. The van der Waals surface area contributed by atoms with Gasteiger partial charge >= 0.3 is 0 Å². The summed E-state index contributed by atoms with van der Waals surface area (Å²) < 4.78 is 6.05. The van der Waals surface area contributed by atoms with E-state index in [1.54, 1.807) is 7.11 Å². The van der Waals surface area contributed by atoms with Crippen molar-refractivity contribution < 1.29 is 4.74 Å². The fraction of sp³-hybridized carbons (Fsp3) is 0.615. The first-order chi connectivity index (χ1) is 8.22. The van der Waals surface area contributed by atoms with Crippen molar-refractivity contribution in [2.75, 3.05) is 26.8 Å². The summed E-state index contributed by atoms with van der Waals surface area (Å²) >= 11 is 3.44. The molecule has 17 heavy (non-hydrogen) atoms. The van der Waals surface area contributed by atoms with E-state index >= 15 is 0 Å². The Morgan fingerprint density at radius 3 is 3.00 bits per heavy atom. The summed E-state index contributed by atoms with van der Waals surface area (Å²) in [4.78, 5) is 4.17. The average Bonchev–Trinajstić information content (AvgIpc) is 2.32. The molecule has 0 aliphatic carbocycles. The number of halogens is 1. The third-order valence-corrected chi connectivity index (χ3v) is 3.10. The van der Waals surface area contributed by atoms with Crippen LogP contribution < -0.4 is 5.32 Å². The van der Waals surface area contributed by atoms with Crippen LogP contribution in [0.2, 0.25) is 0 Å². The molecule has 0 spiro atoms. The largest absolute Gasteiger partial charge is 0.383 e. The number of rotatable bonds is 8. The lowest BCUT2D eigenvalue weighted by molar-refractivity contribution is 0.198. The van der Waals surface area contributed by atoms with Crippen LogP contribution in [-0.2, 0) is 11.2 Å². The third-order valence-electron chi connectivity index (χ3n) is 2.66. The molecule has 0 fully saturated rings. The number of pyridine rings is 1. The molecule has 1 rings (SSSR count). The normalized spacial score (nSPS) is 12.6. The van der Waals surface area contributed by atoms with Crippen LogP contribution in [0.1, 0.15) is 18.9 Å². The van der Waals surface area contributed by atoms with Crippen molar-refractivity contribution in [2.24, 2.45) is 5.92 Å². The molecule has 0 aromatic carbocycles. The fourth-order valence-electron chi connectivity index (χ4n) is 1.63. The Morgan fingerprint density at radius 2 is 2.29 bits per heavy atom. The van der Waals surface area contributed by atoms with E-state index in [1.165, 1.54) is 12.0 Å². The van der Waals surface area contributed by atoms with Crippen molar-refractivity contribution in [1.82, 2.24) is 10.3 Å². The topological polar surface area (TPSA) is 34.1 Å². The van der Waals surface area contributed by atoms with Gasteiger partial charge in [0.15, 0.2) is 0 Å². The molecule has 0 radical (unpaired) electrons. The summed E-state index contributed by atoms with van der Waals surface area (Å²) in [6.45, 7) is 5.03. The first-order valence-corrected chi connectivity index (χ1v) is 6.80. The summed E-state index contributed by atoms with van der Waals surface area (Å²) in [5, 5.41) is 3.38. The molecule has 96 valence electrons. The first-order valence-electron chi connectivity index (χ1n) is 6.01. The fourth-order valence-corrected chi connectivity index (χ4v) is 2.04. The monoisotopic (exact) mass is 300 g/mol. The second-order valence-corrected chi connectivity index (χ2v) is 5.27. The number of methoxy groups -OCH3 is 1. The number of aromatic nitrogens is 1. The molecule has 1 heterocycles. The van der Waals surface area contributed by atoms with E-state index in [2.05, 4.69) is 39.2 Å². The molecular weight excluding hydrogens is 280 g/mol. The van der Waals surface area contributed by atoms with Crippen LogP contribution in [0.3, 0.4) is 0 Å². The molecule has 0 aliphatic heterocycles. The van der Waals surface area contributed by atoms with Crippen LogP contribution >= 0.6 is 15.9 Å². The van der Waals surface area contributed by atoms with Crippen molar-refractivity contribution in [3.8, 4) is 0 Å². The summed E-state index contributed by atoms with van der Waals surface area (Å²) in [6.07, 6.45) is 6.02. The van der Waals surface area contributed by atoms with Crippen LogP contribution in [0.15, 0.2) is 22.9 Å². The van der Waals surface area contributed by atoms with Gasteiger partial charge in [0.05, 0.1) is 6.61 Å². The van der Waals surface area contributed by atoms with Crippen molar-refractivity contribution in [1.29, 1.82) is 0 Å². The highest BCUT2D eigenvalue weighted by molar-refractivity contribution is 9.10. The first kappa shape index (κ1) is 14.6. The molecule has 0 saturated carbocycles. The summed E-state index contributed by atoms with van der Waals surface area (Å²) in [7, 11) is 1.73. The Hall–Kier alpha value is -0.450. The van der Waals surface area contributed by atoms with Gasteiger partial charge in [-0.1, -0.05) is 6.92 Å². The van der Waals surface area contributed by atoms with E-state index in [0.29, 0.717) is 5.92 Å². The van der Waals surface area contributed by atoms with E-state index in [4.69, 9.17) is 4.74 Å². The van der Waals surface area contributed by atoms with E-state index in [9.17, 15) is 0 Å². The van der Waals surface area contributed by atoms with E-state index in [-0.39, 0.29) is 0 Å². The van der Waals surface area contributed by atoms with Gasteiger partial charge in [-0.25, -0.2) is 0 Å². The molecule has 1 aromatic rings. The van der Waals surface area contributed by atoms with Gasteiger partial charge in [0.2, 0.25) is 0 Å². The maximum absolute atomic E-state index is 4.99. The highest BCUT2D eigenvalue weighted by Crippen LogP contribution is 2.13. The Labute approximate surface area is 112 Å². The molecular formula is C13H21BrN2O. The highest BCUT2D eigenvalue weighted by Gasteiger charge is 2.03. The molecule has 0 bridgehead atoms. The maximum Gasteiger partial charge on any atom is 0.0587 e. The number of nitrogens with one attached hydrogen (secondary N) is 1. The number of aryl methyl sites for hydroxylation is 1. The Bertz CT molecular complexity index is 320. The van der Waals surface area contributed by atoms with Gasteiger partial charge in [0.25, 0.3) is 0 Å². The lowest BCUT2D eigenvalue weighted by Gasteiger charge is -2.12. The summed E-state index contributed by atoms with van der Waals surface area (Å²) in [5.74, 6) is 0.672. The van der Waals surface area contributed by atoms with E-state index in [1.807, 2.05) is 12.4 Å². The van der Waals surface area contributed by atoms with E-state index < -0.39 is 0 Å². The molecule has 0 saturated heterocycles. The van der Waals surface area contributed by atoms with Crippen LogP contribution in [0.4, 0.5) is 0 Å². The molecule has 3 nitrogen and oxygen atoms in total. The summed E-state index contributed by atoms with van der Waals surface area (Å²) in [6, 6.07) is 2.14. The van der Waals surface area contributed by atoms with Gasteiger partial charge in [-0.15, -0.1) is 0 Å². The minimum Gasteiger partial charge on any atom is -0.383 e. The third kappa shape index (κ3) is 6.76. The van der Waals surface area contributed by atoms with Gasteiger partial charge in [-0.3, -0.25) is 4.98 Å². The van der Waals surface area contributed by atoms with Crippen LogP contribution in [0, 0.1) is 5.92 Å². The lowest BCUT2D eigenvalue weighted by Crippen LogP contribution is -2.25. The number of hydrogen-bond donors (Lipinski definition) is 1. The minimum absolute atomic E-state index is 0.672. The molecule has 1 atom stereocenters. The zero-order valence-corrected chi connectivity index (χ0v) is 12.2.